The molecule has 1 fully saturated rings. The maximum absolute atomic E-state index is 11.0. The second-order valence-electron chi connectivity index (χ2n) is 6.68. The van der Waals surface area contributed by atoms with Crippen molar-refractivity contribution >= 4 is 21.8 Å². The molecule has 0 radical (unpaired) electrons. The summed E-state index contributed by atoms with van der Waals surface area (Å²) in [6.45, 7) is 6.13. The molecule has 1 aromatic heterocycles. The topological polar surface area (TPSA) is 105 Å². The van der Waals surface area contributed by atoms with Crippen LogP contribution in [0.5, 0.6) is 0 Å². The molecule has 1 aliphatic rings. The van der Waals surface area contributed by atoms with Crippen molar-refractivity contribution in [1.82, 2.24) is 14.7 Å². The Kier molecular flexibility index (Phi) is 7.39. The molecule has 0 bridgehead atoms. The SMILES string of the molecule is CC(C)[C@H]1OCCC[C@H]1Nc1ccnc(NCCCNS(C)(=O)=O)n1. The van der Waals surface area contributed by atoms with Crippen LogP contribution >= 0.6 is 0 Å². The lowest BCUT2D eigenvalue weighted by molar-refractivity contribution is -0.0203. The van der Waals surface area contributed by atoms with E-state index in [0.717, 1.165) is 31.5 Å². The first-order chi connectivity index (χ1) is 11.8. The molecule has 0 spiro atoms. The van der Waals surface area contributed by atoms with E-state index in [0.29, 0.717) is 31.4 Å². The van der Waals surface area contributed by atoms with Crippen LogP contribution < -0.4 is 15.4 Å². The Morgan fingerprint density at radius 3 is 2.88 bits per heavy atom. The molecule has 0 saturated carbocycles. The Morgan fingerprint density at radius 2 is 2.16 bits per heavy atom. The molecule has 9 heteroatoms. The van der Waals surface area contributed by atoms with Crippen LogP contribution in [0.1, 0.15) is 33.1 Å². The van der Waals surface area contributed by atoms with Gasteiger partial charge in [-0.25, -0.2) is 18.1 Å². The number of hydrogen-bond acceptors (Lipinski definition) is 7. The van der Waals surface area contributed by atoms with Gasteiger partial charge in [-0.15, -0.1) is 0 Å². The van der Waals surface area contributed by atoms with Crippen LogP contribution in [0.3, 0.4) is 0 Å². The third-order valence-corrected chi connectivity index (χ3v) is 4.74. The van der Waals surface area contributed by atoms with Crippen molar-refractivity contribution in [2.45, 2.75) is 45.3 Å². The highest BCUT2D eigenvalue weighted by Gasteiger charge is 2.28. The summed E-state index contributed by atoms with van der Waals surface area (Å²) >= 11 is 0. The van der Waals surface area contributed by atoms with Crippen LogP contribution in [0.15, 0.2) is 12.3 Å². The number of nitrogens with one attached hydrogen (secondary N) is 3. The average molecular weight is 372 g/mol. The molecule has 0 unspecified atom stereocenters. The molecule has 1 aliphatic heterocycles. The number of sulfonamides is 1. The number of anilines is 2. The fourth-order valence-corrected chi connectivity index (χ4v) is 3.39. The van der Waals surface area contributed by atoms with E-state index in [2.05, 4.69) is 39.2 Å². The minimum absolute atomic E-state index is 0.183. The van der Waals surface area contributed by atoms with Crippen molar-refractivity contribution < 1.29 is 13.2 Å². The molecule has 2 rings (SSSR count). The van der Waals surface area contributed by atoms with Crippen molar-refractivity contribution in [2.75, 3.05) is 36.6 Å². The first kappa shape index (κ1) is 19.9. The number of nitrogens with zero attached hydrogens (tertiary/aromatic N) is 2. The minimum atomic E-state index is -3.14. The van der Waals surface area contributed by atoms with Gasteiger partial charge in [-0.05, 0) is 31.2 Å². The Balaban J connectivity index is 1.84. The zero-order chi connectivity index (χ0) is 18.3. The van der Waals surface area contributed by atoms with Crippen LogP contribution in [0.2, 0.25) is 0 Å². The largest absolute Gasteiger partial charge is 0.376 e. The zero-order valence-corrected chi connectivity index (χ0v) is 16.0. The first-order valence-electron chi connectivity index (χ1n) is 8.75. The van der Waals surface area contributed by atoms with E-state index in [-0.39, 0.29) is 12.1 Å². The normalized spacial score (nSPS) is 21.3. The van der Waals surface area contributed by atoms with Gasteiger partial charge in [0.1, 0.15) is 5.82 Å². The molecular formula is C16H29N5O3S. The van der Waals surface area contributed by atoms with Crippen molar-refractivity contribution in [3.8, 4) is 0 Å². The monoisotopic (exact) mass is 371 g/mol. The second kappa shape index (κ2) is 9.30. The van der Waals surface area contributed by atoms with Crippen LogP contribution in [-0.4, -0.2) is 56.5 Å². The average Bonchev–Trinajstić information content (AvgIpc) is 2.54. The molecule has 142 valence electrons. The van der Waals surface area contributed by atoms with Gasteiger partial charge in [-0.1, -0.05) is 13.8 Å². The molecule has 25 heavy (non-hydrogen) atoms. The predicted octanol–water partition coefficient (Wildman–Crippen LogP) is 1.44. The molecule has 2 atom stereocenters. The molecule has 0 amide bonds. The summed E-state index contributed by atoms with van der Waals surface area (Å²) in [5.74, 6) is 1.75. The maximum Gasteiger partial charge on any atom is 0.224 e. The first-order valence-corrected chi connectivity index (χ1v) is 10.6. The van der Waals surface area contributed by atoms with Gasteiger partial charge in [-0.3, -0.25) is 0 Å². The lowest BCUT2D eigenvalue weighted by Crippen LogP contribution is -2.43. The molecule has 2 heterocycles. The summed E-state index contributed by atoms with van der Waals surface area (Å²) in [7, 11) is -3.14. The quantitative estimate of drug-likeness (QED) is 0.564. The van der Waals surface area contributed by atoms with Gasteiger partial charge >= 0.3 is 0 Å². The summed E-state index contributed by atoms with van der Waals surface area (Å²) in [6.07, 6.45) is 5.80. The number of rotatable bonds is 9. The molecule has 3 N–H and O–H groups in total. The van der Waals surface area contributed by atoms with Gasteiger partial charge in [0.25, 0.3) is 0 Å². The highest BCUT2D eigenvalue weighted by molar-refractivity contribution is 7.88. The molecular weight excluding hydrogens is 342 g/mol. The smallest absolute Gasteiger partial charge is 0.224 e. The van der Waals surface area contributed by atoms with Crippen molar-refractivity contribution in [2.24, 2.45) is 5.92 Å². The Morgan fingerprint density at radius 1 is 1.36 bits per heavy atom. The Bertz CT molecular complexity index is 638. The fourth-order valence-electron chi connectivity index (χ4n) is 2.87. The molecule has 1 saturated heterocycles. The molecule has 1 aromatic rings. The van der Waals surface area contributed by atoms with Gasteiger partial charge < -0.3 is 15.4 Å². The zero-order valence-electron chi connectivity index (χ0n) is 15.2. The van der Waals surface area contributed by atoms with E-state index in [1.807, 2.05) is 6.07 Å². The van der Waals surface area contributed by atoms with Crippen molar-refractivity contribution in [3.63, 3.8) is 0 Å². The lowest BCUT2D eigenvalue weighted by atomic mass is 9.94. The third kappa shape index (κ3) is 7.13. The van der Waals surface area contributed by atoms with Gasteiger partial charge in [0.15, 0.2) is 0 Å². The molecule has 8 nitrogen and oxygen atoms in total. The maximum atomic E-state index is 11.0. The Hall–Kier alpha value is -1.45. The highest BCUT2D eigenvalue weighted by Crippen LogP contribution is 2.23. The number of ether oxygens (including phenoxy) is 1. The van der Waals surface area contributed by atoms with E-state index < -0.39 is 10.0 Å². The molecule has 0 aliphatic carbocycles. The highest BCUT2D eigenvalue weighted by atomic mass is 32.2. The summed E-state index contributed by atoms with van der Waals surface area (Å²) in [5.41, 5.74) is 0. The lowest BCUT2D eigenvalue weighted by Gasteiger charge is -2.35. The van der Waals surface area contributed by atoms with Crippen LogP contribution in [-0.2, 0) is 14.8 Å². The van der Waals surface area contributed by atoms with Gasteiger partial charge in [0, 0.05) is 25.9 Å². The summed E-state index contributed by atoms with van der Waals surface area (Å²) < 4.78 is 30.3. The van der Waals surface area contributed by atoms with E-state index in [4.69, 9.17) is 4.74 Å². The van der Waals surface area contributed by atoms with Crippen LogP contribution in [0, 0.1) is 5.92 Å². The summed E-state index contributed by atoms with van der Waals surface area (Å²) in [6, 6.07) is 2.10. The van der Waals surface area contributed by atoms with E-state index >= 15 is 0 Å². The second-order valence-corrected chi connectivity index (χ2v) is 8.52. The van der Waals surface area contributed by atoms with Crippen LogP contribution in [0.4, 0.5) is 11.8 Å². The molecule has 0 aromatic carbocycles. The predicted molar refractivity (Wildman–Crippen MR) is 99.2 cm³/mol. The summed E-state index contributed by atoms with van der Waals surface area (Å²) in [5, 5.41) is 6.58. The van der Waals surface area contributed by atoms with E-state index in [1.165, 1.54) is 0 Å². The number of hydrogen-bond donors (Lipinski definition) is 3. The van der Waals surface area contributed by atoms with Gasteiger partial charge in [-0.2, -0.15) is 4.98 Å². The standard InChI is InChI=1S/C16H29N5O3S/c1-12(2)15-13(6-4-11-24-15)20-14-7-10-18-16(21-14)17-8-5-9-19-25(3,22)23/h7,10,12-13,15,19H,4-6,8-9,11H2,1-3H3,(H2,17,18,20,21)/t13-,15-/m1/s1. The van der Waals surface area contributed by atoms with E-state index in [1.54, 1.807) is 6.20 Å². The van der Waals surface area contributed by atoms with Gasteiger partial charge in [0.05, 0.1) is 18.4 Å². The Labute approximate surface area is 150 Å². The summed E-state index contributed by atoms with van der Waals surface area (Å²) in [4.78, 5) is 8.68. The fraction of sp³-hybridized carbons (Fsp3) is 0.750. The number of aromatic nitrogens is 2. The van der Waals surface area contributed by atoms with Crippen molar-refractivity contribution in [1.29, 1.82) is 0 Å². The minimum Gasteiger partial charge on any atom is -0.376 e. The van der Waals surface area contributed by atoms with Gasteiger partial charge in [0.2, 0.25) is 16.0 Å². The third-order valence-electron chi connectivity index (χ3n) is 4.01. The van der Waals surface area contributed by atoms with Crippen molar-refractivity contribution in [3.05, 3.63) is 12.3 Å². The van der Waals surface area contributed by atoms with Crippen LogP contribution in [0.25, 0.3) is 0 Å². The van der Waals surface area contributed by atoms with E-state index in [9.17, 15) is 8.42 Å².